The fourth-order valence-corrected chi connectivity index (χ4v) is 2.92. The van der Waals surface area contributed by atoms with Crippen molar-refractivity contribution in [1.82, 2.24) is 32.1 Å². The maximum Gasteiger partial charge on any atom is 0.316 e. The summed E-state index contributed by atoms with van der Waals surface area (Å²) in [5.41, 5.74) is 9.14. The molecule has 9 N–H and O–H groups in total. The van der Waals surface area contributed by atoms with Gasteiger partial charge in [0.2, 0.25) is 17.7 Å². The Bertz CT molecular complexity index is 795. The molecule has 1 fully saturated rings. The van der Waals surface area contributed by atoms with Gasteiger partial charge in [-0.2, -0.15) is 0 Å². The minimum atomic E-state index is -1.51. The van der Waals surface area contributed by atoms with Gasteiger partial charge in [0.15, 0.2) is 0 Å². The van der Waals surface area contributed by atoms with E-state index in [0.717, 1.165) is 0 Å². The maximum absolute atomic E-state index is 12.6. The fourth-order valence-electron chi connectivity index (χ4n) is 2.92. The zero-order chi connectivity index (χ0) is 27.1. The van der Waals surface area contributed by atoms with E-state index in [1.165, 1.54) is 0 Å². The van der Waals surface area contributed by atoms with Crippen LogP contribution in [0.15, 0.2) is 0 Å². The highest BCUT2D eigenvalue weighted by atomic mass is 16.5. The van der Waals surface area contributed by atoms with Crippen LogP contribution >= 0.6 is 0 Å². The summed E-state index contributed by atoms with van der Waals surface area (Å²) >= 11 is 0. The van der Waals surface area contributed by atoms with E-state index in [4.69, 9.17) is 15.2 Å². The molecular formula is C20H35N7O9. The van der Waals surface area contributed by atoms with Crippen molar-refractivity contribution in [2.75, 3.05) is 39.6 Å². The van der Waals surface area contributed by atoms with Crippen molar-refractivity contribution in [1.29, 1.82) is 0 Å². The number of urea groups is 1. The van der Waals surface area contributed by atoms with Crippen molar-refractivity contribution < 1.29 is 43.3 Å². The van der Waals surface area contributed by atoms with Crippen LogP contribution in [0.2, 0.25) is 0 Å². The molecule has 0 aromatic heterocycles. The molecule has 0 saturated carbocycles. The van der Waals surface area contributed by atoms with E-state index < -0.39 is 73.3 Å². The van der Waals surface area contributed by atoms with E-state index in [0.29, 0.717) is 6.42 Å². The molecule has 0 aromatic carbocycles. The van der Waals surface area contributed by atoms with Crippen LogP contribution in [-0.2, 0) is 33.4 Å². The number of rotatable bonds is 5. The number of carbonyl (C=O) groups is 6. The van der Waals surface area contributed by atoms with Gasteiger partial charge in [0, 0.05) is 6.54 Å². The number of aliphatic hydroxyl groups excluding tert-OH is 1. The van der Waals surface area contributed by atoms with Crippen LogP contribution in [0.25, 0.3) is 0 Å². The highest BCUT2D eigenvalue weighted by Gasteiger charge is 2.29. The van der Waals surface area contributed by atoms with Gasteiger partial charge in [-0.15, -0.1) is 0 Å². The van der Waals surface area contributed by atoms with Crippen LogP contribution < -0.4 is 37.9 Å². The second-order valence-electron chi connectivity index (χ2n) is 7.94. The first kappa shape index (κ1) is 30.5. The van der Waals surface area contributed by atoms with Crippen LogP contribution in [0.1, 0.15) is 26.7 Å². The number of hydrogen-bond donors (Lipinski definition) is 8. The van der Waals surface area contributed by atoms with Gasteiger partial charge >= 0.3 is 6.03 Å². The number of nitrogens with two attached hydrogens (primary N) is 1. The summed E-state index contributed by atoms with van der Waals surface area (Å²) in [7, 11) is 0. The lowest BCUT2D eigenvalue weighted by Crippen LogP contribution is -2.60. The molecule has 2 unspecified atom stereocenters. The predicted molar refractivity (Wildman–Crippen MR) is 122 cm³/mol. The first-order valence-corrected chi connectivity index (χ1v) is 11.4. The number of amides is 7. The summed E-state index contributed by atoms with van der Waals surface area (Å²) < 4.78 is 10.4. The molecule has 1 saturated heterocycles. The van der Waals surface area contributed by atoms with Crippen molar-refractivity contribution >= 4 is 35.6 Å². The lowest BCUT2D eigenvalue weighted by atomic mass is 9.98. The van der Waals surface area contributed by atoms with E-state index in [-0.39, 0.29) is 32.3 Å². The Balaban J connectivity index is 3.03. The highest BCUT2D eigenvalue weighted by Crippen LogP contribution is 2.08. The molecule has 4 atom stereocenters. The molecule has 1 aliphatic rings. The van der Waals surface area contributed by atoms with Gasteiger partial charge in [0.25, 0.3) is 11.8 Å². The first-order valence-electron chi connectivity index (χ1n) is 11.4. The Hall–Kier alpha value is -3.50. The molecule has 0 bridgehead atoms. The zero-order valence-electron chi connectivity index (χ0n) is 20.3. The Kier molecular flexibility index (Phi) is 13.8. The summed E-state index contributed by atoms with van der Waals surface area (Å²) in [5.74, 6) is -4.41. The lowest BCUT2D eigenvalue weighted by molar-refractivity contribution is -0.135. The minimum Gasteiger partial charge on any atom is -0.394 e. The second kappa shape index (κ2) is 16.2. The molecule has 7 amide bonds. The number of primary amides is 1. The molecule has 0 aliphatic carbocycles. The van der Waals surface area contributed by atoms with Crippen molar-refractivity contribution in [3.8, 4) is 0 Å². The molecule has 0 radical (unpaired) electrons. The minimum absolute atomic E-state index is 0.0475. The third-order valence-corrected chi connectivity index (χ3v) is 5.10. The van der Waals surface area contributed by atoms with Crippen LogP contribution in [0.3, 0.4) is 0 Å². The number of hydrogen-bond acceptors (Lipinski definition) is 9. The third-order valence-electron chi connectivity index (χ3n) is 5.10. The van der Waals surface area contributed by atoms with Crippen molar-refractivity contribution in [2.45, 2.75) is 44.8 Å². The third kappa shape index (κ3) is 11.3. The molecule has 1 aliphatic heterocycles. The molecule has 16 nitrogen and oxygen atoms in total. The monoisotopic (exact) mass is 517 g/mol. The Morgan fingerprint density at radius 2 is 1.61 bits per heavy atom. The first-order chi connectivity index (χ1) is 17.1. The molecule has 0 aromatic rings. The van der Waals surface area contributed by atoms with Gasteiger partial charge < -0.3 is 41.6 Å². The summed E-state index contributed by atoms with van der Waals surface area (Å²) in [6.45, 7) is 2.79. The van der Waals surface area contributed by atoms with Gasteiger partial charge in [0.05, 0.1) is 32.8 Å². The van der Waals surface area contributed by atoms with Crippen LogP contribution in [-0.4, -0.2) is 98.4 Å². The normalized spacial score (nSPS) is 25.0. The Morgan fingerprint density at radius 1 is 0.972 bits per heavy atom. The number of ether oxygens (including phenoxy) is 2. The van der Waals surface area contributed by atoms with Gasteiger partial charge in [-0.05, 0) is 5.92 Å². The fraction of sp³-hybridized carbons (Fsp3) is 0.700. The van der Waals surface area contributed by atoms with E-state index >= 15 is 0 Å². The second-order valence-corrected chi connectivity index (χ2v) is 7.94. The summed E-state index contributed by atoms with van der Waals surface area (Å²) in [6.07, 6.45) is -0.0770. The largest absolute Gasteiger partial charge is 0.394 e. The number of aliphatic hydroxyl groups is 1. The number of nitrogens with one attached hydrogen (secondary N) is 6. The summed E-state index contributed by atoms with van der Waals surface area (Å²) in [4.78, 5) is 73.3. The maximum atomic E-state index is 12.6. The topological polar surface area (TPSA) is 239 Å². The average Bonchev–Trinajstić information content (AvgIpc) is 2.83. The van der Waals surface area contributed by atoms with Gasteiger partial charge in [-0.3, -0.25) is 34.8 Å². The van der Waals surface area contributed by atoms with Gasteiger partial charge in [-0.1, -0.05) is 20.3 Å². The van der Waals surface area contributed by atoms with E-state index in [1.54, 1.807) is 6.92 Å². The van der Waals surface area contributed by atoms with Crippen molar-refractivity contribution in [2.24, 2.45) is 11.7 Å². The molecular weight excluding hydrogens is 482 g/mol. The van der Waals surface area contributed by atoms with Gasteiger partial charge in [-0.25, -0.2) is 4.79 Å². The zero-order valence-corrected chi connectivity index (χ0v) is 20.3. The van der Waals surface area contributed by atoms with Crippen molar-refractivity contribution in [3.63, 3.8) is 0 Å². The number of carbonyl (C=O) groups excluding carboxylic acids is 6. The highest BCUT2D eigenvalue weighted by molar-refractivity contribution is 5.94. The SMILES string of the molecule is CCC(C)C1NC(=O)N[C@@H](CC(N)=O)C(=O)NNC(=O)[C@H](CO)NC(=O)COCCOCCNC1=O. The van der Waals surface area contributed by atoms with E-state index in [1.807, 2.05) is 17.8 Å². The van der Waals surface area contributed by atoms with E-state index in [2.05, 4.69) is 21.3 Å². The Morgan fingerprint density at radius 3 is 2.22 bits per heavy atom. The standard InChI is InChI=1S/C20H35N7O9/c1-3-11(2)16-19(33)22-4-5-35-6-7-36-10-15(30)23-13(9-28)18(32)27-26-17(31)12(8-14(21)29)24-20(34)25-16/h11-13,16,28H,3-10H2,1-2H3,(H2,21,29)(H,22,33)(H,23,30)(H,26,31)(H,27,32)(H2,24,25,34)/t11?,12-,13-,16?/m0/s1. The number of hydrazine groups is 1. The average molecular weight is 518 g/mol. The van der Waals surface area contributed by atoms with Crippen LogP contribution in [0.4, 0.5) is 4.79 Å². The van der Waals surface area contributed by atoms with E-state index in [9.17, 15) is 33.9 Å². The molecule has 36 heavy (non-hydrogen) atoms. The Labute approximate surface area is 207 Å². The molecule has 1 rings (SSSR count). The summed E-state index contributed by atoms with van der Waals surface area (Å²) in [5, 5.41) is 19.0. The van der Waals surface area contributed by atoms with Crippen LogP contribution in [0, 0.1) is 5.92 Å². The summed E-state index contributed by atoms with van der Waals surface area (Å²) in [6, 6.07) is -4.83. The quantitative estimate of drug-likeness (QED) is 0.176. The molecule has 204 valence electrons. The molecule has 1 heterocycles. The molecule has 0 spiro atoms. The van der Waals surface area contributed by atoms with Crippen LogP contribution in [0.5, 0.6) is 0 Å². The predicted octanol–water partition coefficient (Wildman–Crippen LogP) is -4.27. The lowest BCUT2D eigenvalue weighted by Gasteiger charge is -2.25. The van der Waals surface area contributed by atoms with Gasteiger partial charge in [0.1, 0.15) is 24.7 Å². The smallest absolute Gasteiger partial charge is 0.316 e. The van der Waals surface area contributed by atoms with Crippen molar-refractivity contribution in [3.05, 3.63) is 0 Å². The molecule has 16 heteroatoms.